The smallest absolute Gasteiger partial charge is 0.282 e. The molecule has 0 bridgehead atoms. The Bertz CT molecular complexity index is 402. The van der Waals surface area contributed by atoms with Crippen LogP contribution in [0, 0.1) is 6.92 Å². The van der Waals surface area contributed by atoms with Crippen LogP contribution in [0.4, 0.5) is 0 Å². The molecule has 0 radical (unpaired) electrons. The summed E-state index contributed by atoms with van der Waals surface area (Å²) in [6, 6.07) is 4.66. The van der Waals surface area contributed by atoms with Crippen LogP contribution in [0.5, 0.6) is 0 Å². The molecule has 0 aliphatic rings. The second-order valence-electron chi connectivity index (χ2n) is 2.36. The van der Waals surface area contributed by atoms with E-state index < -0.39 is 10.1 Å². The summed E-state index contributed by atoms with van der Waals surface area (Å²) in [5.74, 6) is 0. The molecule has 0 saturated heterocycles. The first-order valence-corrected chi connectivity index (χ1v) is 5.39. The van der Waals surface area contributed by atoms with Crippen LogP contribution in [-0.2, 0) is 10.1 Å². The average Bonchev–Trinajstić information content (AvgIpc) is 1.92. The molecule has 74 valence electrons. The molecule has 0 spiro atoms. The maximum absolute atomic E-state index is 10.7. The van der Waals surface area contributed by atoms with Gasteiger partial charge in [0, 0.05) is 4.47 Å². The van der Waals surface area contributed by atoms with Crippen LogP contribution < -0.4 is 0 Å². The summed E-state index contributed by atoms with van der Waals surface area (Å²) < 4.78 is 30.6. The molecule has 0 fully saturated rings. The fraction of sp³-hybridized carbons (Fsp3) is 0.143. The lowest BCUT2D eigenvalue weighted by Gasteiger charge is -2.02. The van der Waals surface area contributed by atoms with Crippen molar-refractivity contribution < 1.29 is 13.0 Å². The van der Waals surface area contributed by atoms with Crippen molar-refractivity contribution in [2.75, 3.05) is 0 Å². The van der Waals surface area contributed by atoms with Crippen LogP contribution in [0.25, 0.3) is 0 Å². The summed E-state index contributed by atoms with van der Waals surface area (Å²) in [7, 11) is -4.10. The molecule has 3 nitrogen and oxygen atoms in total. The molecule has 0 atom stereocenters. The van der Waals surface area contributed by atoms with Crippen LogP contribution in [0.3, 0.4) is 0 Å². The third-order valence-corrected chi connectivity index (χ3v) is 3.65. The Kier molecular flexibility index (Phi) is 4.38. The van der Waals surface area contributed by atoms with E-state index in [2.05, 4.69) is 15.9 Å². The fourth-order valence-electron chi connectivity index (χ4n) is 0.820. The zero-order valence-electron chi connectivity index (χ0n) is 6.69. The molecule has 6 heteroatoms. The molecule has 0 unspecified atom stereocenters. The highest BCUT2D eigenvalue weighted by Gasteiger charge is 2.14. The van der Waals surface area contributed by atoms with Crippen molar-refractivity contribution in [3.05, 3.63) is 28.2 Å². The molecule has 0 aliphatic carbocycles. The van der Waals surface area contributed by atoms with E-state index in [9.17, 15) is 8.42 Å². The minimum atomic E-state index is -4.10. The first kappa shape index (κ1) is 12.9. The van der Waals surface area contributed by atoms with Gasteiger partial charge in [0.05, 0.1) is 0 Å². The average molecular weight is 288 g/mol. The fourth-order valence-corrected chi connectivity index (χ4v) is 2.34. The van der Waals surface area contributed by atoms with Crippen LogP contribution in [0.1, 0.15) is 5.56 Å². The molecule has 0 heterocycles. The molecule has 0 aliphatic heterocycles. The predicted molar refractivity (Wildman–Crippen MR) is 55.9 cm³/mol. The largest absolute Gasteiger partial charge is 0.295 e. The van der Waals surface area contributed by atoms with Gasteiger partial charge < -0.3 is 0 Å². The maximum Gasteiger partial charge on any atom is 0.295 e. The molecular formula is C7H8BrClO3S. The first-order valence-electron chi connectivity index (χ1n) is 3.15. The van der Waals surface area contributed by atoms with Gasteiger partial charge in [-0.25, -0.2) is 0 Å². The Labute approximate surface area is 91.4 Å². The molecule has 1 aromatic carbocycles. The Balaban J connectivity index is 0.00000144. The normalized spacial score (nSPS) is 10.7. The number of hydrogen-bond donors (Lipinski definition) is 1. The standard InChI is InChI=1S/C7H7BrO3S.ClH/c1-5-3-2-4-6(7(5)8)12(9,10)11;/h2-4H,1H3,(H,9,10,11);1H. The Morgan fingerprint density at radius 1 is 1.38 bits per heavy atom. The van der Waals surface area contributed by atoms with E-state index in [1.807, 2.05) is 0 Å². The molecule has 13 heavy (non-hydrogen) atoms. The van der Waals surface area contributed by atoms with Crippen LogP contribution in [0.2, 0.25) is 0 Å². The lowest BCUT2D eigenvalue weighted by atomic mass is 10.2. The molecule has 1 aromatic rings. The van der Waals surface area contributed by atoms with Gasteiger partial charge in [-0.2, -0.15) is 8.42 Å². The third-order valence-electron chi connectivity index (χ3n) is 1.43. The number of benzene rings is 1. The first-order chi connectivity index (χ1) is 5.43. The lowest BCUT2D eigenvalue weighted by molar-refractivity contribution is 0.482. The highest BCUT2D eigenvalue weighted by atomic mass is 79.9. The van der Waals surface area contributed by atoms with E-state index >= 15 is 0 Å². The highest BCUT2D eigenvalue weighted by Crippen LogP contribution is 2.24. The van der Waals surface area contributed by atoms with Crippen molar-refractivity contribution in [1.82, 2.24) is 0 Å². The third kappa shape index (κ3) is 2.95. The van der Waals surface area contributed by atoms with Crippen LogP contribution in [0.15, 0.2) is 27.6 Å². The summed E-state index contributed by atoms with van der Waals surface area (Å²) in [5.41, 5.74) is 0.769. The van der Waals surface area contributed by atoms with E-state index in [-0.39, 0.29) is 17.3 Å². The number of rotatable bonds is 1. The Hall–Kier alpha value is -0.100. The van der Waals surface area contributed by atoms with Crippen molar-refractivity contribution in [2.24, 2.45) is 0 Å². The van der Waals surface area contributed by atoms with Gasteiger partial charge in [0.15, 0.2) is 0 Å². The molecule has 0 amide bonds. The zero-order chi connectivity index (χ0) is 9.35. The van der Waals surface area contributed by atoms with Gasteiger partial charge in [-0.15, -0.1) is 12.4 Å². The summed E-state index contributed by atoms with van der Waals surface area (Å²) in [4.78, 5) is -0.0949. The minimum absolute atomic E-state index is 0. The van der Waals surface area contributed by atoms with Gasteiger partial charge >= 0.3 is 0 Å². The summed E-state index contributed by atoms with van der Waals surface area (Å²) in [5, 5.41) is 0. The SMILES string of the molecule is Cc1cccc(S(=O)(=O)O)c1Br.Cl. The van der Waals surface area contributed by atoms with Gasteiger partial charge in [-0.1, -0.05) is 12.1 Å². The quantitative estimate of drug-likeness (QED) is 0.807. The van der Waals surface area contributed by atoms with Gasteiger partial charge in [0.25, 0.3) is 10.1 Å². The molecule has 1 N–H and O–H groups in total. The molecule has 1 rings (SSSR count). The Morgan fingerprint density at radius 3 is 2.31 bits per heavy atom. The van der Waals surface area contributed by atoms with E-state index in [0.717, 1.165) is 5.56 Å². The summed E-state index contributed by atoms with van der Waals surface area (Å²) in [6.45, 7) is 1.75. The van der Waals surface area contributed by atoms with Gasteiger partial charge in [0.2, 0.25) is 0 Å². The summed E-state index contributed by atoms with van der Waals surface area (Å²) in [6.07, 6.45) is 0. The minimum Gasteiger partial charge on any atom is -0.282 e. The van der Waals surface area contributed by atoms with Crippen molar-refractivity contribution in [1.29, 1.82) is 0 Å². The zero-order valence-corrected chi connectivity index (χ0v) is 9.91. The van der Waals surface area contributed by atoms with E-state index in [1.165, 1.54) is 6.07 Å². The van der Waals surface area contributed by atoms with E-state index in [4.69, 9.17) is 4.55 Å². The lowest BCUT2D eigenvalue weighted by Crippen LogP contribution is -1.99. The van der Waals surface area contributed by atoms with Gasteiger partial charge in [0.1, 0.15) is 4.90 Å². The topological polar surface area (TPSA) is 54.4 Å². The van der Waals surface area contributed by atoms with Gasteiger partial charge in [-0.3, -0.25) is 4.55 Å². The molecule has 0 aromatic heterocycles. The van der Waals surface area contributed by atoms with Crippen molar-refractivity contribution in [2.45, 2.75) is 11.8 Å². The maximum atomic E-state index is 10.7. The number of halogens is 2. The van der Waals surface area contributed by atoms with Gasteiger partial charge in [-0.05, 0) is 34.5 Å². The van der Waals surface area contributed by atoms with Crippen molar-refractivity contribution in [3.63, 3.8) is 0 Å². The van der Waals surface area contributed by atoms with Crippen LogP contribution in [-0.4, -0.2) is 13.0 Å². The Morgan fingerprint density at radius 2 is 1.92 bits per heavy atom. The monoisotopic (exact) mass is 286 g/mol. The summed E-state index contributed by atoms with van der Waals surface area (Å²) >= 11 is 3.08. The molecule has 0 saturated carbocycles. The van der Waals surface area contributed by atoms with Crippen molar-refractivity contribution in [3.8, 4) is 0 Å². The van der Waals surface area contributed by atoms with E-state index in [1.54, 1.807) is 19.1 Å². The second-order valence-corrected chi connectivity index (χ2v) is 4.55. The van der Waals surface area contributed by atoms with Crippen molar-refractivity contribution >= 4 is 38.5 Å². The predicted octanol–water partition coefficient (Wildman–Crippen LogP) is 2.43. The van der Waals surface area contributed by atoms with E-state index in [0.29, 0.717) is 4.47 Å². The number of hydrogen-bond acceptors (Lipinski definition) is 2. The second kappa shape index (κ2) is 4.41. The number of aryl methyl sites for hydroxylation is 1. The van der Waals surface area contributed by atoms with Crippen LogP contribution >= 0.6 is 28.3 Å². The highest BCUT2D eigenvalue weighted by molar-refractivity contribution is 9.10. The molecular weight excluding hydrogens is 279 g/mol.